The van der Waals surface area contributed by atoms with Crippen molar-refractivity contribution in [3.05, 3.63) is 40.4 Å². The molecule has 0 amide bonds. The first-order valence-corrected chi connectivity index (χ1v) is 6.53. The number of carboxylic acids is 1. The average molecular weight is 289 g/mol. The second kappa shape index (κ2) is 6.17. The molecule has 0 atom stereocenters. The lowest BCUT2D eigenvalue weighted by atomic mass is 10.2. The van der Waals surface area contributed by atoms with Gasteiger partial charge >= 0.3 is 5.97 Å². The largest absolute Gasteiger partial charge is 0.481 e. The number of aromatic nitrogens is 1. The molecule has 0 saturated heterocycles. The highest BCUT2D eigenvalue weighted by Crippen LogP contribution is 2.22. The van der Waals surface area contributed by atoms with E-state index in [-0.39, 0.29) is 12.1 Å². The number of carboxylic acid groups (broad SMARTS) is 1. The molecule has 1 aromatic carbocycles. The van der Waals surface area contributed by atoms with Crippen LogP contribution in [0.15, 0.2) is 30.3 Å². The van der Waals surface area contributed by atoms with Crippen molar-refractivity contribution in [3.8, 4) is 0 Å². The van der Waals surface area contributed by atoms with Crippen LogP contribution in [0.4, 0.5) is 11.5 Å². The molecule has 110 valence electrons. The Balaban J connectivity index is 2.31. The van der Waals surface area contributed by atoms with Crippen molar-refractivity contribution in [1.82, 2.24) is 4.98 Å². The molecule has 1 aromatic heterocycles. The van der Waals surface area contributed by atoms with Gasteiger partial charge in [0.2, 0.25) is 0 Å². The standard InChI is InChI=1S/C14H15N3O4/c1-2-16(8-7-14(18)19)13-6-3-10-9-11(17(20)21)4-5-12(10)15-13/h3-6,9H,2,7-8H2,1H3,(H,18,19). The zero-order valence-corrected chi connectivity index (χ0v) is 11.5. The number of anilines is 1. The van der Waals surface area contributed by atoms with Gasteiger partial charge in [-0.3, -0.25) is 14.9 Å². The fourth-order valence-electron chi connectivity index (χ4n) is 2.06. The number of benzene rings is 1. The molecule has 7 heteroatoms. The first kappa shape index (κ1) is 14.7. The minimum Gasteiger partial charge on any atom is -0.481 e. The molecule has 0 saturated carbocycles. The summed E-state index contributed by atoms with van der Waals surface area (Å²) in [5.41, 5.74) is 0.669. The van der Waals surface area contributed by atoms with Crippen LogP contribution in [0.25, 0.3) is 10.9 Å². The number of aliphatic carboxylic acids is 1. The van der Waals surface area contributed by atoms with E-state index in [1.807, 2.05) is 11.8 Å². The Morgan fingerprint density at radius 3 is 2.76 bits per heavy atom. The average Bonchev–Trinajstić information content (AvgIpc) is 2.46. The third kappa shape index (κ3) is 3.44. The predicted octanol–water partition coefficient (Wildman–Crippen LogP) is 2.44. The lowest BCUT2D eigenvalue weighted by molar-refractivity contribution is -0.384. The molecule has 0 aliphatic rings. The van der Waals surface area contributed by atoms with Crippen molar-refractivity contribution >= 4 is 28.4 Å². The van der Waals surface area contributed by atoms with E-state index in [9.17, 15) is 14.9 Å². The van der Waals surface area contributed by atoms with Crippen molar-refractivity contribution in [3.63, 3.8) is 0 Å². The van der Waals surface area contributed by atoms with Crippen LogP contribution in [-0.4, -0.2) is 34.1 Å². The van der Waals surface area contributed by atoms with Crippen LogP contribution in [-0.2, 0) is 4.79 Å². The molecule has 2 aromatic rings. The minimum atomic E-state index is -0.857. The second-order valence-corrected chi connectivity index (χ2v) is 4.53. The molecule has 0 bridgehead atoms. The van der Waals surface area contributed by atoms with Gasteiger partial charge in [-0.2, -0.15) is 0 Å². The van der Waals surface area contributed by atoms with E-state index in [1.165, 1.54) is 12.1 Å². The summed E-state index contributed by atoms with van der Waals surface area (Å²) in [4.78, 5) is 27.2. The van der Waals surface area contributed by atoms with Gasteiger partial charge in [-0.25, -0.2) is 4.98 Å². The van der Waals surface area contributed by atoms with Gasteiger partial charge in [0, 0.05) is 30.6 Å². The summed E-state index contributed by atoms with van der Waals surface area (Å²) >= 11 is 0. The highest BCUT2D eigenvalue weighted by atomic mass is 16.6. The zero-order valence-electron chi connectivity index (χ0n) is 11.5. The molecule has 0 aliphatic carbocycles. The number of carbonyl (C=O) groups is 1. The Morgan fingerprint density at radius 1 is 1.38 bits per heavy atom. The fourth-order valence-corrected chi connectivity index (χ4v) is 2.06. The van der Waals surface area contributed by atoms with Gasteiger partial charge in [0.1, 0.15) is 5.82 Å². The van der Waals surface area contributed by atoms with Gasteiger partial charge in [0.25, 0.3) is 5.69 Å². The highest BCUT2D eigenvalue weighted by Gasteiger charge is 2.11. The number of hydrogen-bond donors (Lipinski definition) is 1. The van der Waals surface area contributed by atoms with Crippen LogP contribution < -0.4 is 4.90 Å². The first-order valence-electron chi connectivity index (χ1n) is 6.53. The number of nitrogens with zero attached hydrogens (tertiary/aromatic N) is 3. The third-order valence-corrected chi connectivity index (χ3v) is 3.17. The van der Waals surface area contributed by atoms with Crippen molar-refractivity contribution in [2.24, 2.45) is 0 Å². The molecular formula is C14H15N3O4. The van der Waals surface area contributed by atoms with Gasteiger partial charge in [-0.1, -0.05) is 0 Å². The zero-order chi connectivity index (χ0) is 15.4. The smallest absolute Gasteiger partial charge is 0.305 e. The summed E-state index contributed by atoms with van der Waals surface area (Å²) < 4.78 is 0. The molecule has 0 aliphatic heterocycles. The van der Waals surface area contributed by atoms with E-state index >= 15 is 0 Å². The quantitative estimate of drug-likeness (QED) is 0.648. The third-order valence-electron chi connectivity index (χ3n) is 3.17. The van der Waals surface area contributed by atoms with Crippen molar-refractivity contribution in [1.29, 1.82) is 0 Å². The van der Waals surface area contributed by atoms with E-state index < -0.39 is 10.9 Å². The number of non-ortho nitro benzene ring substituents is 1. The summed E-state index contributed by atoms with van der Waals surface area (Å²) in [5, 5.41) is 20.2. The lowest BCUT2D eigenvalue weighted by Gasteiger charge is -2.21. The predicted molar refractivity (Wildman–Crippen MR) is 78.5 cm³/mol. The van der Waals surface area contributed by atoms with E-state index in [1.54, 1.807) is 18.2 Å². The van der Waals surface area contributed by atoms with Crippen LogP contribution in [0.3, 0.4) is 0 Å². The number of nitro benzene ring substituents is 1. The maximum absolute atomic E-state index is 10.7. The van der Waals surface area contributed by atoms with Crippen LogP contribution in [0, 0.1) is 10.1 Å². The number of nitro groups is 1. The lowest BCUT2D eigenvalue weighted by Crippen LogP contribution is -2.26. The fraction of sp³-hybridized carbons (Fsp3) is 0.286. The van der Waals surface area contributed by atoms with Crippen molar-refractivity contribution in [2.75, 3.05) is 18.0 Å². The summed E-state index contributed by atoms with van der Waals surface area (Å²) in [6.07, 6.45) is 0.0355. The summed E-state index contributed by atoms with van der Waals surface area (Å²) in [7, 11) is 0. The van der Waals surface area contributed by atoms with Crippen LogP contribution in [0.1, 0.15) is 13.3 Å². The Hall–Kier alpha value is -2.70. The number of fused-ring (bicyclic) bond motifs is 1. The summed E-state index contributed by atoms with van der Waals surface area (Å²) in [6, 6.07) is 7.99. The summed E-state index contributed by atoms with van der Waals surface area (Å²) in [6.45, 7) is 2.93. The number of pyridine rings is 1. The Labute approximate surface area is 121 Å². The molecule has 1 N–H and O–H groups in total. The normalized spacial score (nSPS) is 10.5. The van der Waals surface area contributed by atoms with E-state index in [0.717, 1.165) is 0 Å². The molecule has 1 heterocycles. The maximum Gasteiger partial charge on any atom is 0.305 e. The maximum atomic E-state index is 10.7. The van der Waals surface area contributed by atoms with Gasteiger partial charge in [-0.05, 0) is 25.1 Å². The van der Waals surface area contributed by atoms with Crippen molar-refractivity contribution < 1.29 is 14.8 Å². The van der Waals surface area contributed by atoms with Gasteiger partial charge in [0.05, 0.1) is 16.9 Å². The van der Waals surface area contributed by atoms with Gasteiger partial charge in [0.15, 0.2) is 0 Å². The molecule has 2 rings (SSSR count). The van der Waals surface area contributed by atoms with Crippen molar-refractivity contribution in [2.45, 2.75) is 13.3 Å². The molecule has 0 radical (unpaired) electrons. The Kier molecular flexibility index (Phi) is 4.32. The second-order valence-electron chi connectivity index (χ2n) is 4.53. The minimum absolute atomic E-state index is 0.0234. The number of rotatable bonds is 6. The number of hydrogen-bond acceptors (Lipinski definition) is 5. The molecule has 21 heavy (non-hydrogen) atoms. The molecule has 0 spiro atoms. The van der Waals surface area contributed by atoms with Gasteiger partial charge in [-0.15, -0.1) is 0 Å². The summed E-state index contributed by atoms with van der Waals surface area (Å²) in [5.74, 6) is -0.190. The van der Waals surface area contributed by atoms with Gasteiger partial charge < -0.3 is 10.0 Å². The molecular weight excluding hydrogens is 274 g/mol. The van der Waals surface area contributed by atoms with E-state index in [4.69, 9.17) is 5.11 Å². The van der Waals surface area contributed by atoms with Crippen LogP contribution in [0.2, 0.25) is 0 Å². The topological polar surface area (TPSA) is 96.6 Å². The van der Waals surface area contributed by atoms with E-state index in [0.29, 0.717) is 29.8 Å². The SMILES string of the molecule is CCN(CCC(=O)O)c1ccc2cc([N+](=O)[O-])ccc2n1. The molecule has 0 fully saturated rings. The monoisotopic (exact) mass is 289 g/mol. The van der Waals surface area contributed by atoms with Crippen LogP contribution in [0.5, 0.6) is 0 Å². The van der Waals surface area contributed by atoms with Crippen LogP contribution >= 0.6 is 0 Å². The molecule has 0 unspecified atom stereocenters. The Bertz CT molecular complexity index is 687. The highest BCUT2D eigenvalue weighted by molar-refractivity contribution is 5.82. The Morgan fingerprint density at radius 2 is 2.14 bits per heavy atom. The van der Waals surface area contributed by atoms with E-state index in [2.05, 4.69) is 4.98 Å². The first-order chi connectivity index (χ1) is 10.0. The molecule has 7 nitrogen and oxygen atoms in total.